The predicted octanol–water partition coefficient (Wildman–Crippen LogP) is 6.32. The van der Waals surface area contributed by atoms with Gasteiger partial charge in [-0.25, -0.2) is 0 Å². The van der Waals surface area contributed by atoms with Crippen LogP contribution in [0.3, 0.4) is 0 Å². The van der Waals surface area contributed by atoms with Crippen LogP contribution in [0.25, 0.3) is 0 Å². The molecule has 0 aliphatic heterocycles. The topological polar surface area (TPSA) is 45.6 Å². The lowest BCUT2D eigenvalue weighted by Gasteiger charge is -2.32. The minimum absolute atomic E-state index is 0.0142. The Morgan fingerprint density at radius 1 is 1.00 bits per heavy atom. The Balaban J connectivity index is 2.18. The van der Waals surface area contributed by atoms with Crippen LogP contribution in [0.4, 0.5) is 0 Å². The van der Waals surface area contributed by atoms with E-state index in [0.717, 1.165) is 42.4 Å². The van der Waals surface area contributed by atoms with E-state index in [1.807, 2.05) is 36.9 Å². The average molecular weight is 553 g/mol. The highest BCUT2D eigenvalue weighted by atomic mass is 79.9. The van der Waals surface area contributed by atoms with Crippen LogP contribution in [0.5, 0.6) is 0 Å². The molecule has 7 heteroatoms. The van der Waals surface area contributed by atoms with Gasteiger partial charge in [0.2, 0.25) is 11.8 Å². The fraction of sp³-hybridized carbons (Fsp3) is 0.556. The smallest absolute Gasteiger partial charge is 0.242 e. The molecule has 0 fully saturated rings. The van der Waals surface area contributed by atoms with Gasteiger partial charge in [0, 0.05) is 41.9 Å². The van der Waals surface area contributed by atoms with Gasteiger partial charge in [0.25, 0.3) is 0 Å². The van der Waals surface area contributed by atoms with Crippen molar-refractivity contribution in [1.29, 1.82) is 0 Å². The largest absolute Gasteiger partial charge is 0.345 e. The third-order valence-electron chi connectivity index (χ3n) is 5.98. The maximum absolute atomic E-state index is 13.5. The highest BCUT2D eigenvalue weighted by molar-refractivity contribution is 9.10. The van der Waals surface area contributed by atoms with E-state index in [2.05, 4.69) is 58.7 Å². The molecule has 2 amide bonds. The number of rotatable bonds is 14. The molecule has 188 valence electrons. The molecule has 1 heterocycles. The van der Waals surface area contributed by atoms with Gasteiger partial charge in [-0.1, -0.05) is 54.8 Å². The van der Waals surface area contributed by atoms with Crippen molar-refractivity contribution < 1.29 is 9.59 Å². The summed E-state index contributed by atoms with van der Waals surface area (Å²) in [4.78, 5) is 30.2. The summed E-state index contributed by atoms with van der Waals surface area (Å²) in [6.07, 6.45) is 5.81. The van der Waals surface area contributed by atoms with E-state index in [1.165, 1.54) is 5.56 Å². The summed E-state index contributed by atoms with van der Waals surface area (Å²) in [6.45, 7) is 10.5. The lowest BCUT2D eigenvalue weighted by molar-refractivity contribution is -0.145. The van der Waals surface area contributed by atoms with E-state index in [-0.39, 0.29) is 24.2 Å². The Bertz CT molecular complexity index is 911. The SMILES string of the molecule is CCCCN(Cc1cccn1Cc1ccc(Br)cc1)C(=O)CN(CCCC)C(=O)C(C)(C)CCl. The van der Waals surface area contributed by atoms with Crippen LogP contribution >= 0.6 is 27.5 Å². The summed E-state index contributed by atoms with van der Waals surface area (Å²) in [5, 5.41) is 0. The van der Waals surface area contributed by atoms with Gasteiger partial charge in [0.15, 0.2) is 0 Å². The standard InChI is InChI=1S/C27H39BrClN3O2/c1-5-7-15-31(25(33)20-32(16-8-6-2)26(34)27(3,4)21-29)19-24-10-9-17-30(24)18-22-11-13-23(28)14-12-22/h9-14,17H,5-8,15-16,18-21H2,1-4H3. The maximum Gasteiger partial charge on any atom is 0.242 e. The van der Waals surface area contributed by atoms with Gasteiger partial charge in [-0.05, 0) is 56.5 Å². The highest BCUT2D eigenvalue weighted by Gasteiger charge is 2.32. The lowest BCUT2D eigenvalue weighted by atomic mass is 9.94. The predicted molar refractivity (Wildman–Crippen MR) is 144 cm³/mol. The second-order valence-corrected chi connectivity index (χ2v) is 10.7. The monoisotopic (exact) mass is 551 g/mol. The molecule has 0 radical (unpaired) electrons. The number of hydrogen-bond acceptors (Lipinski definition) is 2. The molecule has 0 aliphatic rings. The molecule has 0 N–H and O–H groups in total. The minimum Gasteiger partial charge on any atom is -0.345 e. The van der Waals surface area contributed by atoms with E-state index in [1.54, 1.807) is 4.90 Å². The first-order valence-electron chi connectivity index (χ1n) is 12.2. The molecule has 1 aromatic carbocycles. The van der Waals surface area contributed by atoms with Crippen LogP contribution in [-0.4, -0.2) is 51.7 Å². The molecular formula is C27H39BrClN3O2. The Morgan fingerprint density at radius 2 is 1.62 bits per heavy atom. The molecule has 0 atom stereocenters. The van der Waals surface area contributed by atoms with E-state index >= 15 is 0 Å². The van der Waals surface area contributed by atoms with Gasteiger partial charge in [-0.2, -0.15) is 0 Å². The van der Waals surface area contributed by atoms with Gasteiger partial charge in [0.1, 0.15) is 0 Å². The van der Waals surface area contributed by atoms with Gasteiger partial charge in [-0.3, -0.25) is 9.59 Å². The summed E-state index contributed by atoms with van der Waals surface area (Å²) in [7, 11) is 0. The molecule has 0 saturated heterocycles. The summed E-state index contributed by atoms with van der Waals surface area (Å²) in [6, 6.07) is 12.4. The molecule has 34 heavy (non-hydrogen) atoms. The second-order valence-electron chi connectivity index (χ2n) is 9.52. The Morgan fingerprint density at radius 3 is 2.21 bits per heavy atom. The van der Waals surface area contributed by atoms with Crippen LogP contribution in [0.2, 0.25) is 0 Å². The van der Waals surface area contributed by atoms with E-state index in [0.29, 0.717) is 19.6 Å². The number of carbonyl (C=O) groups excluding carboxylic acids is 2. The van der Waals surface area contributed by atoms with Gasteiger partial charge >= 0.3 is 0 Å². The summed E-state index contributed by atoms with van der Waals surface area (Å²) in [5.41, 5.74) is 1.59. The van der Waals surface area contributed by atoms with Crippen LogP contribution in [0.15, 0.2) is 47.1 Å². The Hall–Kier alpha value is -1.79. The molecule has 2 rings (SSSR count). The zero-order valence-corrected chi connectivity index (χ0v) is 23.4. The quantitative estimate of drug-likeness (QED) is 0.257. The molecule has 2 aromatic rings. The summed E-state index contributed by atoms with van der Waals surface area (Å²) < 4.78 is 3.24. The highest BCUT2D eigenvalue weighted by Crippen LogP contribution is 2.22. The van der Waals surface area contributed by atoms with Crippen molar-refractivity contribution in [3.05, 3.63) is 58.3 Å². The van der Waals surface area contributed by atoms with E-state index in [4.69, 9.17) is 11.6 Å². The van der Waals surface area contributed by atoms with Crippen molar-refractivity contribution in [3.8, 4) is 0 Å². The molecule has 1 aromatic heterocycles. The van der Waals surface area contributed by atoms with Crippen LogP contribution in [0.1, 0.15) is 64.6 Å². The molecule has 5 nitrogen and oxygen atoms in total. The number of carbonyl (C=O) groups is 2. The Labute approximate surface area is 218 Å². The Kier molecular flexibility index (Phi) is 11.7. The number of amides is 2. The van der Waals surface area contributed by atoms with E-state index < -0.39 is 5.41 Å². The fourth-order valence-electron chi connectivity index (χ4n) is 3.72. The van der Waals surface area contributed by atoms with Crippen molar-refractivity contribution in [2.45, 2.75) is 66.5 Å². The van der Waals surface area contributed by atoms with Crippen molar-refractivity contribution in [3.63, 3.8) is 0 Å². The van der Waals surface area contributed by atoms with E-state index in [9.17, 15) is 9.59 Å². The molecule has 0 bridgehead atoms. The summed E-state index contributed by atoms with van der Waals surface area (Å²) >= 11 is 9.56. The summed E-state index contributed by atoms with van der Waals surface area (Å²) in [5.74, 6) is 0.157. The zero-order chi connectivity index (χ0) is 25.1. The number of benzene rings is 1. The third-order valence-corrected chi connectivity index (χ3v) is 7.18. The lowest BCUT2D eigenvalue weighted by Crippen LogP contribution is -2.48. The molecule has 0 aliphatic carbocycles. The maximum atomic E-state index is 13.5. The van der Waals surface area contributed by atoms with Crippen molar-refractivity contribution in [1.82, 2.24) is 14.4 Å². The van der Waals surface area contributed by atoms with Crippen molar-refractivity contribution >= 4 is 39.3 Å². The number of halogens is 2. The first kappa shape index (κ1) is 28.4. The first-order chi connectivity index (χ1) is 16.2. The molecular weight excluding hydrogens is 514 g/mol. The number of hydrogen-bond donors (Lipinski definition) is 0. The molecule has 0 spiro atoms. The minimum atomic E-state index is -0.691. The first-order valence-corrected chi connectivity index (χ1v) is 13.6. The van der Waals surface area contributed by atoms with Crippen LogP contribution in [-0.2, 0) is 22.7 Å². The number of alkyl halides is 1. The number of nitrogens with zero attached hydrogens (tertiary/aromatic N) is 3. The zero-order valence-electron chi connectivity index (χ0n) is 21.0. The van der Waals surface area contributed by atoms with Crippen molar-refractivity contribution in [2.24, 2.45) is 5.41 Å². The third kappa shape index (κ3) is 8.46. The fourth-order valence-corrected chi connectivity index (χ4v) is 4.10. The van der Waals surface area contributed by atoms with Crippen LogP contribution in [0, 0.1) is 5.41 Å². The molecule has 0 unspecified atom stereocenters. The normalized spacial score (nSPS) is 11.5. The van der Waals surface area contributed by atoms with Gasteiger partial charge in [0.05, 0.1) is 18.5 Å². The van der Waals surface area contributed by atoms with Crippen LogP contribution < -0.4 is 0 Å². The number of unbranched alkanes of at least 4 members (excludes halogenated alkanes) is 2. The number of aromatic nitrogens is 1. The molecule has 0 saturated carbocycles. The van der Waals surface area contributed by atoms with Gasteiger partial charge in [-0.15, -0.1) is 11.6 Å². The average Bonchev–Trinajstić information content (AvgIpc) is 3.26. The second kappa shape index (κ2) is 13.9. The van der Waals surface area contributed by atoms with Gasteiger partial charge < -0.3 is 14.4 Å². The van der Waals surface area contributed by atoms with Crippen molar-refractivity contribution in [2.75, 3.05) is 25.5 Å².